The number of nitrogens with one attached hydrogen (secondary N) is 1. The molecule has 0 bridgehead atoms. The van der Waals surface area contributed by atoms with Crippen LogP contribution in [0.2, 0.25) is 0 Å². The van der Waals surface area contributed by atoms with Crippen molar-refractivity contribution >= 4 is 22.4 Å². The summed E-state index contributed by atoms with van der Waals surface area (Å²) in [6.07, 6.45) is 1.61. The zero-order chi connectivity index (χ0) is 18.0. The van der Waals surface area contributed by atoms with E-state index in [2.05, 4.69) is 36.3 Å². The number of rotatable bonds is 4. The molecule has 0 unspecified atom stereocenters. The van der Waals surface area contributed by atoms with E-state index in [0.29, 0.717) is 10.7 Å². The van der Waals surface area contributed by atoms with Crippen LogP contribution >= 0.6 is 11.3 Å². The highest BCUT2D eigenvalue weighted by molar-refractivity contribution is 7.14. The van der Waals surface area contributed by atoms with Gasteiger partial charge in [0.1, 0.15) is 6.54 Å². The van der Waals surface area contributed by atoms with Gasteiger partial charge in [-0.05, 0) is 44.0 Å². The van der Waals surface area contributed by atoms with E-state index in [1.807, 2.05) is 11.4 Å². The molecule has 0 saturated carbocycles. The van der Waals surface area contributed by atoms with Crippen molar-refractivity contribution in [1.29, 1.82) is 0 Å². The molecule has 25 heavy (non-hydrogen) atoms. The number of anilines is 1. The molecule has 1 N–H and O–H groups in total. The Morgan fingerprint density at radius 2 is 1.96 bits per heavy atom. The third-order valence-corrected chi connectivity index (χ3v) is 4.84. The van der Waals surface area contributed by atoms with E-state index < -0.39 is 0 Å². The van der Waals surface area contributed by atoms with Crippen molar-refractivity contribution in [3.63, 3.8) is 0 Å². The summed E-state index contributed by atoms with van der Waals surface area (Å²) in [5.41, 5.74) is 4.74. The molecule has 0 radical (unpaired) electrons. The minimum Gasteiger partial charge on any atom is -0.306 e. The maximum Gasteiger partial charge on any atom is 0.253 e. The van der Waals surface area contributed by atoms with E-state index in [9.17, 15) is 9.59 Å². The highest BCUT2D eigenvalue weighted by Crippen LogP contribution is 2.26. The Hall–Kier alpha value is -2.73. The molecule has 0 spiro atoms. The maximum atomic E-state index is 12.2. The molecule has 0 aliphatic rings. The third kappa shape index (κ3) is 3.85. The lowest BCUT2D eigenvalue weighted by Crippen LogP contribution is -2.28. The second-order valence-electron chi connectivity index (χ2n) is 6.01. The Morgan fingerprint density at radius 3 is 2.72 bits per heavy atom. The number of carbonyl (C=O) groups is 1. The zero-order valence-electron chi connectivity index (χ0n) is 14.4. The van der Waals surface area contributed by atoms with E-state index in [1.165, 1.54) is 27.0 Å². The lowest BCUT2D eigenvalue weighted by molar-refractivity contribution is -0.116. The fraction of sp³-hybridized carbons (Fsp3) is 0.211. The summed E-state index contributed by atoms with van der Waals surface area (Å²) in [5.74, 6) is -0.270. The number of benzene rings is 1. The Morgan fingerprint density at radius 1 is 1.16 bits per heavy atom. The molecule has 128 valence electrons. The Balaban J connectivity index is 1.72. The third-order valence-electron chi connectivity index (χ3n) is 4.08. The molecular weight excluding hydrogens is 334 g/mol. The van der Waals surface area contributed by atoms with Gasteiger partial charge in [-0.1, -0.05) is 18.2 Å². The average Bonchev–Trinajstić information content (AvgIpc) is 3.03. The first-order valence-corrected chi connectivity index (χ1v) is 8.81. The SMILES string of the molecule is Cc1ccc(-c2csc(NC(=O)Cn3cccc(C)c3=O)n2)cc1C. The molecule has 2 heterocycles. The molecule has 3 aromatic rings. The number of hydrogen-bond acceptors (Lipinski definition) is 4. The second kappa shape index (κ2) is 7.03. The molecule has 5 nitrogen and oxygen atoms in total. The molecule has 6 heteroatoms. The lowest BCUT2D eigenvalue weighted by Gasteiger charge is -2.06. The molecule has 3 rings (SSSR count). The minimum atomic E-state index is -0.270. The van der Waals surface area contributed by atoms with Gasteiger partial charge >= 0.3 is 0 Å². The fourth-order valence-corrected chi connectivity index (χ4v) is 3.20. The molecule has 0 aliphatic heterocycles. The standard InChI is InChI=1S/C19H19N3O2S/c1-12-6-7-15(9-14(12)3)16-11-25-19(20-16)21-17(23)10-22-8-4-5-13(2)18(22)24/h4-9,11H,10H2,1-3H3,(H,20,21,23). The minimum absolute atomic E-state index is 0.0287. The van der Waals surface area contributed by atoms with Gasteiger partial charge in [0.15, 0.2) is 5.13 Å². The van der Waals surface area contributed by atoms with Crippen molar-refractivity contribution in [2.24, 2.45) is 0 Å². The van der Waals surface area contributed by atoms with Crippen molar-refractivity contribution in [1.82, 2.24) is 9.55 Å². The second-order valence-corrected chi connectivity index (χ2v) is 6.87. The van der Waals surface area contributed by atoms with Gasteiger partial charge < -0.3 is 9.88 Å². The largest absolute Gasteiger partial charge is 0.306 e. The number of thiazole rings is 1. The molecule has 0 atom stereocenters. The predicted octanol–water partition coefficient (Wildman–Crippen LogP) is 3.54. The highest BCUT2D eigenvalue weighted by atomic mass is 32.1. The van der Waals surface area contributed by atoms with Gasteiger partial charge in [-0.15, -0.1) is 11.3 Å². The molecule has 0 aliphatic carbocycles. The number of amides is 1. The molecular formula is C19H19N3O2S. The number of aromatic nitrogens is 2. The van der Waals surface area contributed by atoms with Crippen molar-refractivity contribution < 1.29 is 4.79 Å². The van der Waals surface area contributed by atoms with Gasteiger partial charge in [-0.2, -0.15) is 0 Å². The van der Waals surface area contributed by atoms with Crippen molar-refractivity contribution in [3.05, 3.63) is 69.0 Å². The Kier molecular flexibility index (Phi) is 4.81. The molecule has 2 aromatic heterocycles. The first kappa shape index (κ1) is 17.1. The normalized spacial score (nSPS) is 10.7. The van der Waals surface area contributed by atoms with Crippen LogP contribution in [0.3, 0.4) is 0 Å². The van der Waals surface area contributed by atoms with Crippen LogP contribution in [0.1, 0.15) is 16.7 Å². The summed E-state index contributed by atoms with van der Waals surface area (Å²) in [5, 5.41) is 5.20. The van der Waals surface area contributed by atoms with Crippen LogP contribution in [0.15, 0.2) is 46.7 Å². The fourth-order valence-electron chi connectivity index (χ4n) is 2.46. The van der Waals surface area contributed by atoms with Crippen LogP contribution in [0.25, 0.3) is 11.3 Å². The monoisotopic (exact) mass is 353 g/mol. The molecule has 0 fully saturated rings. The van der Waals surface area contributed by atoms with E-state index >= 15 is 0 Å². The molecule has 1 amide bonds. The summed E-state index contributed by atoms with van der Waals surface area (Å²) in [4.78, 5) is 28.6. The lowest BCUT2D eigenvalue weighted by atomic mass is 10.1. The van der Waals surface area contributed by atoms with E-state index in [4.69, 9.17) is 0 Å². The average molecular weight is 353 g/mol. The van der Waals surface area contributed by atoms with Crippen LogP contribution in [0.5, 0.6) is 0 Å². The van der Waals surface area contributed by atoms with E-state index in [-0.39, 0.29) is 18.0 Å². The smallest absolute Gasteiger partial charge is 0.253 e. The van der Waals surface area contributed by atoms with Gasteiger partial charge in [0.2, 0.25) is 5.91 Å². The van der Waals surface area contributed by atoms with Gasteiger partial charge in [-0.3, -0.25) is 9.59 Å². The number of aryl methyl sites for hydroxylation is 3. The van der Waals surface area contributed by atoms with Gasteiger partial charge in [0.25, 0.3) is 5.56 Å². The number of hydrogen-bond donors (Lipinski definition) is 1. The van der Waals surface area contributed by atoms with Crippen molar-refractivity contribution in [3.8, 4) is 11.3 Å². The number of nitrogens with zero attached hydrogens (tertiary/aromatic N) is 2. The Labute approximate surface area is 150 Å². The number of carbonyl (C=O) groups excluding carboxylic acids is 1. The first-order chi connectivity index (χ1) is 11.9. The summed E-state index contributed by atoms with van der Waals surface area (Å²) >= 11 is 1.37. The highest BCUT2D eigenvalue weighted by Gasteiger charge is 2.10. The topological polar surface area (TPSA) is 64.0 Å². The summed E-state index contributed by atoms with van der Waals surface area (Å²) in [7, 11) is 0. The zero-order valence-corrected chi connectivity index (χ0v) is 15.2. The van der Waals surface area contributed by atoms with Gasteiger partial charge in [0, 0.05) is 22.7 Å². The first-order valence-electron chi connectivity index (χ1n) is 7.93. The summed E-state index contributed by atoms with van der Waals surface area (Å²) in [6, 6.07) is 9.66. The molecule has 1 aromatic carbocycles. The van der Waals surface area contributed by atoms with Gasteiger partial charge in [-0.25, -0.2) is 4.98 Å². The van der Waals surface area contributed by atoms with E-state index in [0.717, 1.165) is 11.3 Å². The number of pyridine rings is 1. The maximum absolute atomic E-state index is 12.2. The predicted molar refractivity (Wildman–Crippen MR) is 101 cm³/mol. The molecule has 0 saturated heterocycles. The van der Waals surface area contributed by atoms with Crippen LogP contribution in [0.4, 0.5) is 5.13 Å². The summed E-state index contributed by atoms with van der Waals surface area (Å²) < 4.78 is 1.39. The van der Waals surface area contributed by atoms with Gasteiger partial charge in [0.05, 0.1) is 5.69 Å². The van der Waals surface area contributed by atoms with Crippen molar-refractivity contribution in [2.75, 3.05) is 5.32 Å². The Bertz CT molecular complexity index is 988. The van der Waals surface area contributed by atoms with Crippen LogP contribution in [-0.2, 0) is 11.3 Å². The van der Waals surface area contributed by atoms with E-state index in [1.54, 1.807) is 25.3 Å². The van der Waals surface area contributed by atoms with Crippen molar-refractivity contribution in [2.45, 2.75) is 27.3 Å². The quantitative estimate of drug-likeness (QED) is 0.780. The van der Waals surface area contributed by atoms with Crippen LogP contribution < -0.4 is 10.9 Å². The summed E-state index contributed by atoms with van der Waals surface area (Å²) in [6.45, 7) is 5.83. The van der Waals surface area contributed by atoms with Crippen LogP contribution in [-0.4, -0.2) is 15.5 Å². The van der Waals surface area contributed by atoms with Crippen LogP contribution in [0, 0.1) is 20.8 Å².